The number of ether oxygens (including phenoxy) is 1. The van der Waals surface area contributed by atoms with Crippen molar-refractivity contribution in [3.05, 3.63) is 39.8 Å². The number of phenolic OH excluding ortho intramolecular Hbond substituents is 1. The Balaban J connectivity index is 1.67. The van der Waals surface area contributed by atoms with Crippen LogP contribution in [0.5, 0.6) is 11.5 Å². The van der Waals surface area contributed by atoms with Gasteiger partial charge in [0, 0.05) is 10.4 Å². The highest BCUT2D eigenvalue weighted by atomic mass is 32.1. The number of hydrogen-bond acceptors (Lipinski definition) is 5. The van der Waals surface area contributed by atoms with Crippen molar-refractivity contribution in [2.45, 2.75) is 46.2 Å². The molecule has 3 N–H and O–H groups in total. The summed E-state index contributed by atoms with van der Waals surface area (Å²) in [7, 11) is 1.52. The van der Waals surface area contributed by atoms with E-state index in [0.29, 0.717) is 17.2 Å². The predicted octanol–water partition coefficient (Wildman–Crippen LogP) is 4.47. The molecular weight excluding hydrogens is 360 g/mol. The number of anilines is 1. The van der Waals surface area contributed by atoms with Gasteiger partial charge < -0.3 is 20.5 Å². The molecule has 2 aromatic rings. The lowest BCUT2D eigenvalue weighted by Crippen LogP contribution is -2.38. The van der Waals surface area contributed by atoms with Crippen LogP contribution in [0.3, 0.4) is 0 Å². The number of benzene rings is 1. The zero-order valence-corrected chi connectivity index (χ0v) is 17.0. The molecule has 5 nitrogen and oxygen atoms in total. The predicted molar refractivity (Wildman–Crippen MR) is 108 cm³/mol. The van der Waals surface area contributed by atoms with E-state index in [1.807, 2.05) is 6.07 Å². The van der Waals surface area contributed by atoms with Crippen LogP contribution in [0.1, 0.15) is 59.7 Å². The molecule has 6 heteroatoms. The lowest BCUT2D eigenvalue weighted by Gasteiger charge is -2.34. The number of carbonyl (C=O) groups is 1. The fraction of sp³-hybridized carbons (Fsp3) is 0.476. The van der Waals surface area contributed by atoms with E-state index in [-0.39, 0.29) is 17.1 Å². The number of carbonyl (C=O) groups excluding carboxylic acids is 1. The highest BCUT2D eigenvalue weighted by Crippen LogP contribution is 2.46. The summed E-state index contributed by atoms with van der Waals surface area (Å²) in [5, 5.41) is 17.8. The number of aromatic hydroxyl groups is 1. The molecule has 144 valence electrons. The van der Waals surface area contributed by atoms with Crippen molar-refractivity contribution in [1.29, 1.82) is 0 Å². The standard InChI is InChI=1S/C21H26N2O3S/c1-21(2,3)11-8-9-12-15(10-11)27-20-16(12)19(25)22-18(23-20)13-6-5-7-14(26-4)17(13)24/h5-7,11,18,23-24H,8-10H2,1-4H3,(H,22,25)/t11-,18-/m1/s1. The Morgan fingerprint density at radius 3 is 2.74 bits per heavy atom. The zero-order valence-electron chi connectivity index (χ0n) is 16.2. The molecule has 1 aromatic heterocycles. The molecule has 0 saturated heterocycles. The first-order chi connectivity index (χ1) is 12.8. The minimum Gasteiger partial charge on any atom is -0.504 e. The number of amides is 1. The van der Waals surface area contributed by atoms with E-state index in [9.17, 15) is 9.90 Å². The number of thiophene rings is 1. The van der Waals surface area contributed by atoms with Crippen LogP contribution < -0.4 is 15.4 Å². The molecule has 2 aliphatic rings. The van der Waals surface area contributed by atoms with Crippen molar-refractivity contribution in [2.24, 2.45) is 11.3 Å². The molecule has 1 aliphatic heterocycles. The minimum absolute atomic E-state index is 0.0513. The minimum atomic E-state index is -0.474. The summed E-state index contributed by atoms with van der Waals surface area (Å²) in [5.74, 6) is 1.01. The average molecular weight is 387 g/mol. The summed E-state index contributed by atoms with van der Waals surface area (Å²) < 4.78 is 5.19. The summed E-state index contributed by atoms with van der Waals surface area (Å²) in [6, 6.07) is 5.31. The molecule has 0 unspecified atom stereocenters. The van der Waals surface area contributed by atoms with E-state index < -0.39 is 6.17 Å². The van der Waals surface area contributed by atoms with Crippen molar-refractivity contribution in [3.8, 4) is 11.5 Å². The van der Waals surface area contributed by atoms with Crippen LogP contribution in [0.25, 0.3) is 0 Å². The Kier molecular flexibility index (Phi) is 4.34. The van der Waals surface area contributed by atoms with E-state index in [2.05, 4.69) is 31.4 Å². The maximum atomic E-state index is 12.9. The molecule has 2 heterocycles. The monoisotopic (exact) mass is 386 g/mol. The van der Waals surface area contributed by atoms with Gasteiger partial charge in [-0.25, -0.2) is 0 Å². The van der Waals surface area contributed by atoms with Gasteiger partial charge in [-0.1, -0.05) is 32.9 Å². The average Bonchev–Trinajstić information content (AvgIpc) is 2.99. The summed E-state index contributed by atoms with van der Waals surface area (Å²) >= 11 is 1.69. The van der Waals surface area contributed by atoms with E-state index in [1.165, 1.54) is 17.6 Å². The Hall–Kier alpha value is -2.21. The first-order valence-corrected chi connectivity index (χ1v) is 10.2. The van der Waals surface area contributed by atoms with Crippen molar-refractivity contribution in [1.82, 2.24) is 5.32 Å². The number of para-hydroxylation sites is 1. The normalized spacial score (nSPS) is 21.7. The van der Waals surface area contributed by atoms with Crippen molar-refractivity contribution in [3.63, 3.8) is 0 Å². The lowest BCUT2D eigenvalue weighted by atomic mass is 9.72. The quantitative estimate of drug-likeness (QED) is 0.712. The first-order valence-electron chi connectivity index (χ1n) is 9.37. The Labute approximate surface area is 163 Å². The van der Waals surface area contributed by atoms with Crippen molar-refractivity contribution >= 4 is 22.2 Å². The van der Waals surface area contributed by atoms with Gasteiger partial charge in [-0.3, -0.25) is 4.79 Å². The number of methoxy groups -OCH3 is 1. The summed E-state index contributed by atoms with van der Waals surface area (Å²) in [6.07, 6.45) is 2.62. The number of phenols is 1. The van der Waals surface area contributed by atoms with E-state index in [4.69, 9.17) is 4.74 Å². The van der Waals surface area contributed by atoms with Crippen LogP contribution in [-0.4, -0.2) is 18.1 Å². The molecule has 0 bridgehead atoms. The third-order valence-electron chi connectivity index (χ3n) is 5.83. The van der Waals surface area contributed by atoms with Gasteiger partial charge in [0.1, 0.15) is 11.2 Å². The molecule has 4 rings (SSSR count). The SMILES string of the molecule is COc1cccc([C@@H]2NC(=O)c3c(sc4c3CC[C@@H](C(C)(C)C)C4)N2)c1O. The topological polar surface area (TPSA) is 70.6 Å². The Morgan fingerprint density at radius 1 is 1.26 bits per heavy atom. The smallest absolute Gasteiger partial charge is 0.256 e. The number of hydrogen-bond donors (Lipinski definition) is 3. The van der Waals surface area contributed by atoms with Crippen LogP contribution in [0.15, 0.2) is 18.2 Å². The highest BCUT2D eigenvalue weighted by Gasteiger charge is 2.37. The summed E-state index contributed by atoms with van der Waals surface area (Å²) in [4.78, 5) is 14.2. The molecule has 0 radical (unpaired) electrons. The first kappa shape index (κ1) is 18.2. The zero-order chi connectivity index (χ0) is 19.3. The van der Waals surface area contributed by atoms with Crippen LogP contribution in [-0.2, 0) is 12.8 Å². The van der Waals surface area contributed by atoms with Crippen LogP contribution in [0.2, 0.25) is 0 Å². The third-order valence-corrected chi connectivity index (χ3v) is 7.01. The molecule has 1 aliphatic carbocycles. The van der Waals surface area contributed by atoms with Crippen molar-refractivity contribution < 1.29 is 14.6 Å². The Bertz CT molecular complexity index is 898. The summed E-state index contributed by atoms with van der Waals surface area (Å²) in [5.41, 5.74) is 2.87. The molecule has 1 amide bonds. The van der Waals surface area contributed by atoms with Gasteiger partial charge >= 0.3 is 0 Å². The Morgan fingerprint density at radius 2 is 2.04 bits per heavy atom. The molecule has 0 spiro atoms. The second-order valence-corrected chi connectivity index (χ2v) is 9.57. The molecule has 1 aromatic carbocycles. The molecular formula is C21H26N2O3S. The fourth-order valence-corrected chi connectivity index (χ4v) is 5.48. The maximum Gasteiger partial charge on any atom is 0.256 e. The van der Waals surface area contributed by atoms with Gasteiger partial charge in [-0.2, -0.15) is 0 Å². The van der Waals surface area contributed by atoms with Gasteiger partial charge in [0.15, 0.2) is 11.5 Å². The van der Waals surface area contributed by atoms with Crippen LogP contribution in [0, 0.1) is 11.3 Å². The van der Waals surface area contributed by atoms with Gasteiger partial charge in [0.05, 0.1) is 12.7 Å². The summed E-state index contributed by atoms with van der Waals surface area (Å²) in [6.45, 7) is 6.88. The van der Waals surface area contributed by atoms with Crippen LogP contribution >= 0.6 is 11.3 Å². The number of nitrogens with one attached hydrogen (secondary N) is 2. The fourth-order valence-electron chi connectivity index (χ4n) is 4.13. The molecule has 27 heavy (non-hydrogen) atoms. The molecule has 0 saturated carbocycles. The highest BCUT2D eigenvalue weighted by molar-refractivity contribution is 7.16. The number of fused-ring (bicyclic) bond motifs is 3. The van der Waals surface area contributed by atoms with Crippen molar-refractivity contribution in [2.75, 3.05) is 12.4 Å². The van der Waals surface area contributed by atoms with E-state index in [1.54, 1.807) is 23.5 Å². The number of rotatable bonds is 2. The van der Waals surface area contributed by atoms with Gasteiger partial charge in [-0.05, 0) is 42.2 Å². The largest absolute Gasteiger partial charge is 0.504 e. The van der Waals surface area contributed by atoms with Crippen LogP contribution in [0.4, 0.5) is 5.00 Å². The maximum absolute atomic E-state index is 12.9. The molecule has 0 fully saturated rings. The van der Waals surface area contributed by atoms with Gasteiger partial charge in [0.25, 0.3) is 5.91 Å². The van der Waals surface area contributed by atoms with Gasteiger partial charge in [-0.15, -0.1) is 11.3 Å². The van der Waals surface area contributed by atoms with E-state index >= 15 is 0 Å². The second-order valence-electron chi connectivity index (χ2n) is 8.46. The third kappa shape index (κ3) is 3.06. The van der Waals surface area contributed by atoms with Gasteiger partial charge in [0.2, 0.25) is 0 Å². The second kappa shape index (κ2) is 6.44. The lowest BCUT2D eigenvalue weighted by molar-refractivity contribution is 0.0934. The molecule has 2 atom stereocenters. The van der Waals surface area contributed by atoms with E-state index in [0.717, 1.165) is 29.8 Å².